The van der Waals surface area contributed by atoms with Crippen LogP contribution in [0, 0.1) is 6.92 Å². The van der Waals surface area contributed by atoms with E-state index in [9.17, 15) is 9.59 Å². The van der Waals surface area contributed by atoms with E-state index in [1.165, 1.54) is 0 Å². The zero-order valence-electron chi connectivity index (χ0n) is 12.2. The molecule has 0 spiro atoms. The zero-order chi connectivity index (χ0) is 15.5. The maximum atomic E-state index is 11.5. The minimum absolute atomic E-state index is 0.163. The largest absolute Gasteiger partial charge is 0.380 e. The molecule has 0 fully saturated rings. The average Bonchev–Trinajstić information content (AvgIpc) is 2.49. The van der Waals surface area contributed by atoms with Gasteiger partial charge in [-0.05, 0) is 31.9 Å². The molecule has 2 amide bonds. The molecule has 6 nitrogen and oxygen atoms in total. The topological polar surface area (TPSA) is 87.7 Å². The van der Waals surface area contributed by atoms with E-state index in [0.717, 1.165) is 24.8 Å². The van der Waals surface area contributed by atoms with Crippen LogP contribution in [0.1, 0.15) is 44.1 Å². The molecule has 0 unspecified atom stereocenters. The summed E-state index contributed by atoms with van der Waals surface area (Å²) in [4.78, 5) is 27.5. The summed E-state index contributed by atoms with van der Waals surface area (Å²) in [6.07, 6.45) is 3.84. The summed E-state index contributed by atoms with van der Waals surface area (Å²) in [7, 11) is 0. The van der Waals surface area contributed by atoms with Crippen molar-refractivity contribution in [3.8, 4) is 5.75 Å². The number of hydroxylamine groups is 2. The third-order valence-electron chi connectivity index (χ3n) is 2.99. The first-order chi connectivity index (χ1) is 10.1. The lowest BCUT2D eigenvalue weighted by atomic mass is 10.1. The van der Waals surface area contributed by atoms with Gasteiger partial charge in [0.15, 0.2) is 5.75 Å². The van der Waals surface area contributed by atoms with Crippen molar-refractivity contribution >= 4 is 11.8 Å². The van der Waals surface area contributed by atoms with E-state index >= 15 is 0 Å². The molecule has 0 aliphatic rings. The third kappa shape index (κ3) is 7.94. The summed E-state index contributed by atoms with van der Waals surface area (Å²) in [5, 5.41) is 8.31. The molecule has 1 aromatic carbocycles. The number of unbranched alkanes of at least 4 members (excludes halogenated alkanes) is 3. The third-order valence-corrected chi connectivity index (χ3v) is 2.99. The zero-order valence-corrected chi connectivity index (χ0v) is 12.2. The summed E-state index contributed by atoms with van der Waals surface area (Å²) in [6, 6.07) is 7.40. The van der Waals surface area contributed by atoms with E-state index in [-0.39, 0.29) is 11.8 Å². The molecule has 0 aliphatic heterocycles. The van der Waals surface area contributed by atoms with Gasteiger partial charge in [0.1, 0.15) is 0 Å². The predicted molar refractivity (Wildman–Crippen MR) is 77.6 cm³/mol. The lowest BCUT2D eigenvalue weighted by Crippen LogP contribution is -2.26. The molecule has 6 heteroatoms. The van der Waals surface area contributed by atoms with E-state index in [2.05, 4.69) is 5.48 Å². The van der Waals surface area contributed by atoms with Crippen molar-refractivity contribution in [1.29, 1.82) is 0 Å². The van der Waals surface area contributed by atoms with Crippen LogP contribution in [0.2, 0.25) is 0 Å². The molecule has 0 saturated carbocycles. The summed E-state index contributed by atoms with van der Waals surface area (Å²) >= 11 is 0. The van der Waals surface area contributed by atoms with E-state index in [1.807, 2.05) is 19.1 Å². The second-order valence-electron chi connectivity index (χ2n) is 4.89. The molecular weight excluding hydrogens is 272 g/mol. The average molecular weight is 294 g/mol. The van der Waals surface area contributed by atoms with Gasteiger partial charge < -0.3 is 4.84 Å². The number of carbonyl (C=O) groups is 2. The lowest BCUT2D eigenvalue weighted by Gasteiger charge is -2.07. The molecule has 0 aromatic heterocycles. The Bertz CT molecular complexity index is 445. The molecule has 0 bridgehead atoms. The summed E-state index contributed by atoms with van der Waals surface area (Å²) in [5.74, 6) is 0.0619. The van der Waals surface area contributed by atoms with Crippen molar-refractivity contribution in [3.05, 3.63) is 29.8 Å². The molecule has 1 rings (SSSR count). The number of nitrogens with one attached hydrogen (secondary N) is 2. The summed E-state index contributed by atoms with van der Waals surface area (Å²) in [5.41, 5.74) is 5.12. The van der Waals surface area contributed by atoms with Crippen LogP contribution in [0.3, 0.4) is 0 Å². The Balaban J connectivity index is 2.04. The van der Waals surface area contributed by atoms with Crippen LogP contribution < -0.4 is 15.8 Å². The highest BCUT2D eigenvalue weighted by Crippen LogP contribution is 2.10. The van der Waals surface area contributed by atoms with Crippen LogP contribution in [0.5, 0.6) is 5.75 Å². The number of benzene rings is 1. The van der Waals surface area contributed by atoms with Gasteiger partial charge in [0, 0.05) is 12.8 Å². The second-order valence-corrected chi connectivity index (χ2v) is 4.89. The van der Waals surface area contributed by atoms with Crippen LogP contribution in [0.15, 0.2) is 24.3 Å². The number of aryl methyl sites for hydroxylation is 1. The normalized spacial score (nSPS) is 10.0. The smallest absolute Gasteiger partial charge is 0.252 e. The monoisotopic (exact) mass is 294 g/mol. The highest BCUT2D eigenvalue weighted by molar-refractivity contribution is 5.75. The van der Waals surface area contributed by atoms with Crippen molar-refractivity contribution in [2.75, 3.05) is 0 Å². The van der Waals surface area contributed by atoms with Gasteiger partial charge in [0.25, 0.3) is 5.91 Å². The Labute approximate surface area is 124 Å². The molecule has 116 valence electrons. The Morgan fingerprint density at radius 3 is 2.14 bits per heavy atom. The Morgan fingerprint density at radius 1 is 1.00 bits per heavy atom. The minimum Gasteiger partial charge on any atom is -0.380 e. The standard InChI is InChI=1S/C15H22N2O4/c1-12-8-10-13(11-9-12)21-17-15(19)7-5-3-2-4-6-14(18)16-20/h8-11,20H,2-7H2,1H3,(H,16,18)(H,17,19). The van der Waals surface area contributed by atoms with E-state index in [1.54, 1.807) is 17.6 Å². The molecule has 0 heterocycles. The Morgan fingerprint density at radius 2 is 1.57 bits per heavy atom. The summed E-state index contributed by atoms with van der Waals surface area (Å²) in [6.45, 7) is 1.98. The number of hydrogen-bond donors (Lipinski definition) is 3. The minimum atomic E-state index is -0.376. The van der Waals surface area contributed by atoms with Gasteiger partial charge in [0.2, 0.25) is 5.91 Å². The van der Waals surface area contributed by atoms with Crippen LogP contribution in [0.25, 0.3) is 0 Å². The van der Waals surface area contributed by atoms with Crippen LogP contribution in [-0.4, -0.2) is 17.0 Å². The highest BCUT2D eigenvalue weighted by Gasteiger charge is 2.03. The van der Waals surface area contributed by atoms with Crippen molar-refractivity contribution < 1.29 is 19.6 Å². The number of rotatable bonds is 9. The predicted octanol–water partition coefficient (Wildman–Crippen LogP) is 2.25. The fraction of sp³-hybridized carbons (Fsp3) is 0.467. The van der Waals surface area contributed by atoms with Crippen molar-refractivity contribution in [3.63, 3.8) is 0 Å². The molecule has 0 atom stereocenters. The summed E-state index contributed by atoms with van der Waals surface area (Å²) < 4.78 is 0. The first-order valence-electron chi connectivity index (χ1n) is 7.07. The van der Waals surface area contributed by atoms with Crippen LogP contribution in [-0.2, 0) is 9.59 Å². The van der Waals surface area contributed by atoms with Crippen LogP contribution in [0.4, 0.5) is 0 Å². The van der Waals surface area contributed by atoms with E-state index < -0.39 is 0 Å². The van der Waals surface area contributed by atoms with E-state index in [0.29, 0.717) is 25.0 Å². The molecular formula is C15H22N2O4. The molecule has 3 N–H and O–H groups in total. The van der Waals surface area contributed by atoms with Gasteiger partial charge in [-0.1, -0.05) is 30.5 Å². The molecule has 21 heavy (non-hydrogen) atoms. The maximum absolute atomic E-state index is 11.5. The van der Waals surface area contributed by atoms with Crippen molar-refractivity contribution in [1.82, 2.24) is 11.0 Å². The Hall–Kier alpha value is -2.08. The van der Waals surface area contributed by atoms with Crippen molar-refractivity contribution in [2.24, 2.45) is 0 Å². The Kier molecular flexibility index (Phi) is 7.89. The lowest BCUT2D eigenvalue weighted by molar-refractivity contribution is -0.129. The van der Waals surface area contributed by atoms with Gasteiger partial charge >= 0.3 is 0 Å². The number of amides is 2. The second kappa shape index (κ2) is 9.77. The molecule has 0 saturated heterocycles. The fourth-order valence-electron chi connectivity index (χ4n) is 1.75. The molecule has 1 aromatic rings. The van der Waals surface area contributed by atoms with Gasteiger partial charge in [-0.15, -0.1) is 0 Å². The quantitative estimate of drug-likeness (QED) is 0.370. The van der Waals surface area contributed by atoms with Gasteiger partial charge in [-0.2, -0.15) is 5.48 Å². The van der Waals surface area contributed by atoms with Crippen molar-refractivity contribution in [2.45, 2.75) is 45.4 Å². The molecule has 0 aliphatic carbocycles. The van der Waals surface area contributed by atoms with Gasteiger partial charge in [-0.25, -0.2) is 5.48 Å². The maximum Gasteiger partial charge on any atom is 0.252 e. The number of carbonyl (C=O) groups excluding carboxylic acids is 2. The van der Waals surface area contributed by atoms with E-state index in [4.69, 9.17) is 10.0 Å². The van der Waals surface area contributed by atoms with Gasteiger partial charge in [-0.3, -0.25) is 14.8 Å². The number of hydrogen-bond acceptors (Lipinski definition) is 4. The first kappa shape index (κ1) is 17.0. The highest BCUT2D eigenvalue weighted by atomic mass is 16.7. The fourth-order valence-corrected chi connectivity index (χ4v) is 1.75. The van der Waals surface area contributed by atoms with Crippen LogP contribution >= 0.6 is 0 Å². The molecule has 0 radical (unpaired) electrons. The first-order valence-corrected chi connectivity index (χ1v) is 7.07. The SMILES string of the molecule is Cc1ccc(ONC(=O)CCCCCCC(=O)NO)cc1. The van der Waals surface area contributed by atoms with Gasteiger partial charge in [0.05, 0.1) is 0 Å².